The number of ether oxygens (including phenoxy) is 1. The molecule has 0 saturated heterocycles. The topological polar surface area (TPSA) is 90.1 Å². The Kier molecular flexibility index (Phi) is 4.80. The second kappa shape index (κ2) is 5.90. The molecule has 0 spiro atoms. The van der Waals surface area contributed by atoms with E-state index >= 15 is 0 Å². The summed E-state index contributed by atoms with van der Waals surface area (Å²) >= 11 is 5.63. The Morgan fingerprint density at radius 3 is 2.76 bits per heavy atom. The Balaban J connectivity index is 2.86. The van der Waals surface area contributed by atoms with Crippen molar-refractivity contribution in [3.63, 3.8) is 0 Å². The summed E-state index contributed by atoms with van der Waals surface area (Å²) in [6.45, 7) is 3.84. The lowest BCUT2D eigenvalue weighted by Gasteiger charge is -2.26. The molecule has 0 aliphatic carbocycles. The number of amides is 1. The predicted molar refractivity (Wildman–Crippen MR) is 63.1 cm³/mol. The standard InChI is InChI=1S/C10H15ClN4O2/c1-3-17-10(2,9(16)15-12)4-7-5-14-8(11)6-13-7/h5-6H,3-4,12H2,1-2H3,(H,15,16). The van der Waals surface area contributed by atoms with Gasteiger partial charge in [0.2, 0.25) is 0 Å². The number of rotatable bonds is 5. The van der Waals surface area contributed by atoms with E-state index in [0.717, 1.165) is 0 Å². The minimum atomic E-state index is -1.06. The van der Waals surface area contributed by atoms with E-state index < -0.39 is 11.5 Å². The molecule has 7 heteroatoms. The van der Waals surface area contributed by atoms with Crippen LogP contribution in [0.5, 0.6) is 0 Å². The third-order valence-corrected chi connectivity index (χ3v) is 2.46. The summed E-state index contributed by atoms with van der Waals surface area (Å²) in [7, 11) is 0. The van der Waals surface area contributed by atoms with Crippen LogP contribution in [-0.4, -0.2) is 28.1 Å². The molecule has 1 rings (SSSR count). The molecule has 1 amide bonds. The maximum atomic E-state index is 11.7. The van der Waals surface area contributed by atoms with Crippen LogP contribution < -0.4 is 11.3 Å². The molecule has 6 nitrogen and oxygen atoms in total. The lowest BCUT2D eigenvalue weighted by Crippen LogP contribution is -2.50. The first-order valence-corrected chi connectivity index (χ1v) is 5.51. The highest BCUT2D eigenvalue weighted by molar-refractivity contribution is 6.29. The van der Waals surface area contributed by atoms with Gasteiger partial charge in [0.25, 0.3) is 5.91 Å². The van der Waals surface area contributed by atoms with E-state index in [0.29, 0.717) is 17.5 Å². The van der Waals surface area contributed by atoms with Crippen molar-refractivity contribution in [3.05, 3.63) is 23.2 Å². The lowest BCUT2D eigenvalue weighted by atomic mass is 9.99. The van der Waals surface area contributed by atoms with Gasteiger partial charge in [-0.1, -0.05) is 11.6 Å². The number of halogens is 1. The van der Waals surface area contributed by atoms with Crippen molar-refractivity contribution in [2.75, 3.05) is 6.61 Å². The summed E-state index contributed by atoms with van der Waals surface area (Å²) in [5.74, 6) is 4.72. The maximum absolute atomic E-state index is 11.7. The minimum absolute atomic E-state index is 0.272. The number of hydrogen-bond acceptors (Lipinski definition) is 5. The second-order valence-corrected chi connectivity index (χ2v) is 4.03. The molecule has 0 aliphatic heterocycles. The van der Waals surface area contributed by atoms with E-state index in [4.69, 9.17) is 22.2 Å². The number of carbonyl (C=O) groups excluding carboxylic acids is 1. The van der Waals surface area contributed by atoms with Crippen molar-refractivity contribution in [3.8, 4) is 0 Å². The number of nitrogens with zero attached hydrogens (tertiary/aromatic N) is 2. The van der Waals surface area contributed by atoms with E-state index in [9.17, 15) is 4.79 Å². The fourth-order valence-corrected chi connectivity index (χ4v) is 1.54. The molecule has 17 heavy (non-hydrogen) atoms. The largest absolute Gasteiger partial charge is 0.365 e. The van der Waals surface area contributed by atoms with Crippen LogP contribution >= 0.6 is 11.6 Å². The molecule has 94 valence electrons. The number of carbonyl (C=O) groups is 1. The van der Waals surface area contributed by atoms with Gasteiger partial charge in [-0.3, -0.25) is 15.2 Å². The highest BCUT2D eigenvalue weighted by Gasteiger charge is 2.34. The van der Waals surface area contributed by atoms with Crippen molar-refractivity contribution in [1.29, 1.82) is 0 Å². The van der Waals surface area contributed by atoms with Gasteiger partial charge in [-0.15, -0.1) is 0 Å². The van der Waals surface area contributed by atoms with Crippen molar-refractivity contribution in [2.24, 2.45) is 5.84 Å². The summed E-state index contributed by atoms with van der Waals surface area (Å²) in [4.78, 5) is 19.6. The van der Waals surface area contributed by atoms with Gasteiger partial charge in [0, 0.05) is 13.0 Å². The number of nitrogens with two attached hydrogens (primary N) is 1. The van der Waals surface area contributed by atoms with Crippen LogP contribution in [-0.2, 0) is 16.0 Å². The molecule has 1 aromatic rings. The normalized spacial score (nSPS) is 14.1. The van der Waals surface area contributed by atoms with Crippen LogP contribution in [0, 0.1) is 0 Å². The Hall–Kier alpha value is -1.24. The highest BCUT2D eigenvalue weighted by atomic mass is 35.5. The predicted octanol–water partition coefficient (Wildman–Crippen LogP) is 0.458. The van der Waals surface area contributed by atoms with E-state index in [1.54, 1.807) is 13.8 Å². The third kappa shape index (κ3) is 3.62. The van der Waals surface area contributed by atoms with Crippen molar-refractivity contribution in [1.82, 2.24) is 15.4 Å². The average Bonchev–Trinajstić information content (AvgIpc) is 2.31. The van der Waals surface area contributed by atoms with E-state index in [2.05, 4.69) is 15.4 Å². The Morgan fingerprint density at radius 2 is 2.29 bits per heavy atom. The van der Waals surface area contributed by atoms with Crippen molar-refractivity contribution < 1.29 is 9.53 Å². The molecular formula is C10H15ClN4O2. The third-order valence-electron chi connectivity index (χ3n) is 2.27. The first kappa shape index (κ1) is 13.8. The zero-order valence-electron chi connectivity index (χ0n) is 9.74. The van der Waals surface area contributed by atoms with E-state index in [-0.39, 0.29) is 6.42 Å². The van der Waals surface area contributed by atoms with Crippen LogP contribution in [0.15, 0.2) is 12.4 Å². The molecule has 1 heterocycles. The van der Waals surface area contributed by atoms with Crippen molar-refractivity contribution >= 4 is 17.5 Å². The molecule has 0 bridgehead atoms. The lowest BCUT2D eigenvalue weighted by molar-refractivity contribution is -0.144. The van der Waals surface area contributed by atoms with E-state index in [1.165, 1.54) is 12.4 Å². The molecule has 1 aromatic heterocycles. The van der Waals surface area contributed by atoms with Gasteiger partial charge in [-0.05, 0) is 13.8 Å². The monoisotopic (exact) mass is 258 g/mol. The van der Waals surface area contributed by atoms with Gasteiger partial charge in [-0.2, -0.15) is 0 Å². The quantitative estimate of drug-likeness (QED) is 0.455. The molecule has 0 aliphatic rings. The van der Waals surface area contributed by atoms with Crippen molar-refractivity contribution in [2.45, 2.75) is 25.9 Å². The Labute approximate surface area is 104 Å². The van der Waals surface area contributed by atoms with Crippen LogP contribution in [0.25, 0.3) is 0 Å². The average molecular weight is 259 g/mol. The van der Waals surface area contributed by atoms with Gasteiger partial charge in [0.15, 0.2) is 5.60 Å². The number of hydrazine groups is 1. The summed E-state index contributed by atoms with van der Waals surface area (Å²) in [5, 5.41) is 0.301. The number of hydrogen-bond donors (Lipinski definition) is 2. The highest BCUT2D eigenvalue weighted by Crippen LogP contribution is 2.17. The van der Waals surface area contributed by atoms with E-state index in [1.807, 2.05) is 0 Å². The molecule has 0 aromatic carbocycles. The summed E-state index contributed by atoms with van der Waals surface area (Å²) < 4.78 is 5.42. The van der Waals surface area contributed by atoms with Gasteiger partial charge >= 0.3 is 0 Å². The van der Waals surface area contributed by atoms with Gasteiger partial charge in [0.1, 0.15) is 5.15 Å². The van der Waals surface area contributed by atoms with Gasteiger partial charge in [-0.25, -0.2) is 10.8 Å². The molecule has 1 atom stereocenters. The smallest absolute Gasteiger partial charge is 0.266 e. The van der Waals surface area contributed by atoms with Crippen LogP contribution in [0.1, 0.15) is 19.5 Å². The summed E-state index contributed by atoms with van der Waals surface area (Å²) in [6, 6.07) is 0. The summed E-state index contributed by atoms with van der Waals surface area (Å²) in [6.07, 6.45) is 3.20. The number of nitrogens with one attached hydrogen (secondary N) is 1. The first-order valence-electron chi connectivity index (χ1n) is 5.13. The van der Waals surface area contributed by atoms with Gasteiger partial charge in [0.05, 0.1) is 18.1 Å². The second-order valence-electron chi connectivity index (χ2n) is 3.64. The first-order chi connectivity index (χ1) is 8.01. The zero-order chi connectivity index (χ0) is 12.9. The van der Waals surface area contributed by atoms with Crippen LogP contribution in [0.3, 0.4) is 0 Å². The Bertz CT molecular complexity index is 384. The molecular weight excluding hydrogens is 244 g/mol. The molecule has 0 saturated carbocycles. The fourth-order valence-electron chi connectivity index (χ4n) is 1.44. The molecule has 0 radical (unpaired) electrons. The SMILES string of the molecule is CCOC(C)(Cc1cnc(Cl)cn1)C(=O)NN. The molecule has 0 fully saturated rings. The molecule has 1 unspecified atom stereocenters. The number of aromatic nitrogens is 2. The summed E-state index contributed by atoms with van der Waals surface area (Å²) in [5.41, 5.74) is 1.63. The van der Waals surface area contributed by atoms with Gasteiger partial charge < -0.3 is 4.74 Å². The van der Waals surface area contributed by atoms with Crippen LogP contribution in [0.2, 0.25) is 5.15 Å². The maximum Gasteiger partial charge on any atom is 0.266 e. The Morgan fingerprint density at radius 1 is 1.59 bits per heavy atom. The zero-order valence-corrected chi connectivity index (χ0v) is 10.5. The minimum Gasteiger partial charge on any atom is -0.365 e. The van der Waals surface area contributed by atoms with Crippen LogP contribution in [0.4, 0.5) is 0 Å². The molecule has 3 N–H and O–H groups in total. The fraction of sp³-hybridized carbons (Fsp3) is 0.500.